The zero-order valence-electron chi connectivity index (χ0n) is 15.2. The number of aryl methyl sites for hydroxylation is 1. The lowest BCUT2D eigenvalue weighted by Crippen LogP contribution is -2.40. The number of morpholine rings is 1. The van der Waals surface area contributed by atoms with Crippen molar-refractivity contribution in [1.82, 2.24) is 14.9 Å². The summed E-state index contributed by atoms with van der Waals surface area (Å²) in [6.45, 7) is 4.21. The maximum Gasteiger partial charge on any atom is 0.243 e. The molecule has 148 valence electrons. The highest BCUT2D eigenvalue weighted by atomic mass is 35.5. The smallest absolute Gasteiger partial charge is 0.243 e. The molecular formula is C17H28ClN3O4S. The summed E-state index contributed by atoms with van der Waals surface area (Å²) < 4.78 is 31.7. The van der Waals surface area contributed by atoms with Crippen molar-refractivity contribution in [2.24, 2.45) is 0 Å². The molecule has 1 heterocycles. The van der Waals surface area contributed by atoms with Gasteiger partial charge in [0.2, 0.25) is 15.9 Å². The molecule has 0 spiro atoms. The highest BCUT2D eigenvalue weighted by Crippen LogP contribution is 2.18. The van der Waals surface area contributed by atoms with Crippen molar-refractivity contribution in [3.05, 3.63) is 29.8 Å². The number of nitrogens with zero attached hydrogens (tertiary/aromatic N) is 1. The van der Waals surface area contributed by atoms with Gasteiger partial charge in [-0.15, -0.1) is 12.4 Å². The van der Waals surface area contributed by atoms with Gasteiger partial charge in [0.25, 0.3) is 0 Å². The number of amides is 1. The van der Waals surface area contributed by atoms with Crippen LogP contribution in [-0.4, -0.2) is 64.6 Å². The number of carbonyl (C=O) groups excluding carboxylic acids is 1. The molecule has 1 aliphatic heterocycles. The molecule has 0 aliphatic carbocycles. The van der Waals surface area contributed by atoms with Crippen molar-refractivity contribution in [3.8, 4) is 0 Å². The predicted octanol–water partition coefficient (Wildman–Crippen LogP) is 0.786. The highest BCUT2D eigenvalue weighted by Gasteiger charge is 2.26. The first-order valence-electron chi connectivity index (χ1n) is 8.54. The Kier molecular flexibility index (Phi) is 9.52. The fourth-order valence-corrected chi connectivity index (χ4v) is 3.89. The van der Waals surface area contributed by atoms with Crippen LogP contribution in [0.15, 0.2) is 29.2 Å². The van der Waals surface area contributed by atoms with Gasteiger partial charge in [0.15, 0.2) is 0 Å². The molecule has 2 N–H and O–H groups in total. The van der Waals surface area contributed by atoms with Crippen LogP contribution in [0.2, 0.25) is 0 Å². The first-order chi connectivity index (χ1) is 11.9. The van der Waals surface area contributed by atoms with E-state index in [1.54, 1.807) is 24.3 Å². The normalized spacial score (nSPS) is 16.5. The Hall–Kier alpha value is -1.19. The molecule has 0 aromatic heterocycles. The molecule has 7 nitrogen and oxygen atoms in total. The fourth-order valence-electron chi connectivity index (χ4n) is 2.48. The molecule has 1 aromatic rings. The van der Waals surface area contributed by atoms with Crippen LogP contribution in [0, 0.1) is 0 Å². The summed E-state index contributed by atoms with van der Waals surface area (Å²) in [5.74, 6) is -0.00730. The average Bonchev–Trinajstić information content (AvgIpc) is 2.65. The minimum Gasteiger partial charge on any atom is -0.379 e. The van der Waals surface area contributed by atoms with Crippen LogP contribution in [0.1, 0.15) is 18.9 Å². The molecule has 1 saturated heterocycles. The second-order valence-corrected chi connectivity index (χ2v) is 8.09. The van der Waals surface area contributed by atoms with Gasteiger partial charge in [0, 0.05) is 32.1 Å². The van der Waals surface area contributed by atoms with Gasteiger partial charge < -0.3 is 15.4 Å². The van der Waals surface area contributed by atoms with E-state index in [1.165, 1.54) is 4.31 Å². The second kappa shape index (κ2) is 10.8. The zero-order chi connectivity index (χ0) is 18.3. The Bertz CT molecular complexity index is 661. The topological polar surface area (TPSA) is 87.7 Å². The van der Waals surface area contributed by atoms with E-state index < -0.39 is 10.0 Å². The van der Waals surface area contributed by atoms with Crippen molar-refractivity contribution >= 4 is 28.3 Å². The van der Waals surface area contributed by atoms with E-state index >= 15 is 0 Å². The molecule has 0 radical (unpaired) electrons. The monoisotopic (exact) mass is 405 g/mol. The second-order valence-electron chi connectivity index (χ2n) is 6.15. The van der Waals surface area contributed by atoms with Gasteiger partial charge in [-0.2, -0.15) is 4.31 Å². The molecule has 9 heteroatoms. The average molecular weight is 406 g/mol. The van der Waals surface area contributed by atoms with E-state index in [-0.39, 0.29) is 29.3 Å². The lowest BCUT2D eigenvalue weighted by molar-refractivity contribution is -0.121. The number of hydrogen-bond donors (Lipinski definition) is 2. The molecule has 1 aromatic carbocycles. The SMILES string of the molecule is CNC(C)CNC(=O)CCc1ccc(S(=O)(=O)N2CCOCC2)cc1.Cl. The number of carbonyl (C=O) groups is 1. The predicted molar refractivity (Wildman–Crippen MR) is 103 cm³/mol. The fraction of sp³-hybridized carbons (Fsp3) is 0.588. The maximum atomic E-state index is 12.5. The van der Waals surface area contributed by atoms with E-state index in [0.717, 1.165) is 5.56 Å². The number of rotatable bonds is 8. The Morgan fingerprint density at radius 1 is 1.23 bits per heavy atom. The molecule has 1 aliphatic rings. The molecule has 1 fully saturated rings. The number of likely N-dealkylation sites (N-methyl/N-ethyl adjacent to an activating group) is 1. The summed E-state index contributed by atoms with van der Waals surface area (Å²) in [5, 5.41) is 5.92. The molecule has 1 atom stereocenters. The summed E-state index contributed by atoms with van der Waals surface area (Å²) in [7, 11) is -1.61. The van der Waals surface area contributed by atoms with E-state index in [2.05, 4.69) is 10.6 Å². The molecule has 1 unspecified atom stereocenters. The highest BCUT2D eigenvalue weighted by molar-refractivity contribution is 7.89. The largest absolute Gasteiger partial charge is 0.379 e. The van der Waals surface area contributed by atoms with Crippen LogP contribution in [0.4, 0.5) is 0 Å². The number of nitrogens with one attached hydrogen (secondary N) is 2. The maximum absolute atomic E-state index is 12.5. The van der Waals surface area contributed by atoms with Crippen molar-refractivity contribution in [1.29, 1.82) is 0 Å². The van der Waals surface area contributed by atoms with E-state index in [0.29, 0.717) is 45.7 Å². The number of sulfonamides is 1. The Labute approximate surface area is 161 Å². The van der Waals surface area contributed by atoms with Crippen molar-refractivity contribution < 1.29 is 17.9 Å². The molecule has 1 amide bonds. The molecule has 2 rings (SSSR count). The standard InChI is InChI=1S/C17H27N3O4S.ClH/c1-14(18-2)13-19-17(21)8-5-15-3-6-16(7-4-15)25(22,23)20-9-11-24-12-10-20;/h3-4,6-7,14,18H,5,8-13H2,1-2H3,(H,19,21);1H. The molecule has 0 bridgehead atoms. The van der Waals surface area contributed by atoms with Crippen molar-refractivity contribution in [2.45, 2.75) is 30.7 Å². The van der Waals surface area contributed by atoms with Gasteiger partial charge in [-0.25, -0.2) is 8.42 Å². The van der Waals surface area contributed by atoms with Gasteiger partial charge in [-0.3, -0.25) is 4.79 Å². The summed E-state index contributed by atoms with van der Waals surface area (Å²) in [4.78, 5) is 12.1. The van der Waals surface area contributed by atoms with Gasteiger partial charge >= 0.3 is 0 Å². The lowest BCUT2D eigenvalue weighted by Gasteiger charge is -2.26. The van der Waals surface area contributed by atoms with Gasteiger partial charge in [-0.1, -0.05) is 12.1 Å². The quantitative estimate of drug-likeness (QED) is 0.667. The number of halogens is 1. The summed E-state index contributed by atoms with van der Waals surface area (Å²) in [6, 6.07) is 7.00. The van der Waals surface area contributed by atoms with Crippen LogP contribution >= 0.6 is 12.4 Å². The molecular weight excluding hydrogens is 378 g/mol. The van der Waals surface area contributed by atoms with Crippen molar-refractivity contribution in [3.63, 3.8) is 0 Å². The summed E-state index contributed by atoms with van der Waals surface area (Å²) in [5.41, 5.74) is 0.942. The summed E-state index contributed by atoms with van der Waals surface area (Å²) in [6.07, 6.45) is 0.962. The Morgan fingerprint density at radius 2 is 1.85 bits per heavy atom. The van der Waals surface area contributed by atoms with E-state index in [4.69, 9.17) is 4.74 Å². The number of ether oxygens (including phenoxy) is 1. The number of hydrogen-bond acceptors (Lipinski definition) is 5. The third-order valence-electron chi connectivity index (χ3n) is 4.27. The van der Waals surface area contributed by atoms with E-state index in [1.807, 2.05) is 14.0 Å². The number of benzene rings is 1. The van der Waals surface area contributed by atoms with Gasteiger partial charge in [0.1, 0.15) is 0 Å². The molecule has 0 saturated carbocycles. The molecule has 26 heavy (non-hydrogen) atoms. The van der Waals surface area contributed by atoms with Crippen LogP contribution in [0.5, 0.6) is 0 Å². The van der Waals surface area contributed by atoms with Crippen LogP contribution in [0.3, 0.4) is 0 Å². The van der Waals surface area contributed by atoms with Crippen LogP contribution < -0.4 is 10.6 Å². The van der Waals surface area contributed by atoms with Crippen molar-refractivity contribution in [2.75, 3.05) is 39.9 Å². The van der Waals surface area contributed by atoms with Crippen LogP contribution in [-0.2, 0) is 26.0 Å². The third kappa shape index (κ3) is 6.51. The minimum absolute atomic E-state index is 0. The Morgan fingerprint density at radius 3 is 2.42 bits per heavy atom. The lowest BCUT2D eigenvalue weighted by atomic mass is 10.1. The first-order valence-corrected chi connectivity index (χ1v) is 9.98. The summed E-state index contributed by atoms with van der Waals surface area (Å²) >= 11 is 0. The Balaban J connectivity index is 0.00000338. The van der Waals surface area contributed by atoms with E-state index in [9.17, 15) is 13.2 Å². The van der Waals surface area contributed by atoms with Gasteiger partial charge in [-0.05, 0) is 38.1 Å². The first kappa shape index (κ1) is 22.9. The third-order valence-corrected chi connectivity index (χ3v) is 6.18. The van der Waals surface area contributed by atoms with Gasteiger partial charge in [0.05, 0.1) is 18.1 Å². The van der Waals surface area contributed by atoms with Crippen LogP contribution in [0.25, 0.3) is 0 Å². The zero-order valence-corrected chi connectivity index (χ0v) is 16.9. The minimum atomic E-state index is -3.46.